The van der Waals surface area contributed by atoms with Gasteiger partial charge in [-0.3, -0.25) is 9.52 Å². The zero-order chi connectivity index (χ0) is 16.3. The Balaban J connectivity index is 2.32. The SMILES string of the molecule is CCNC(=O)c1cc(S(=O)(=O)Nc2cccc(Cl)c2)c(C)s1. The molecule has 1 aromatic carbocycles. The Morgan fingerprint density at radius 2 is 2.05 bits per heavy atom. The quantitative estimate of drug-likeness (QED) is 0.861. The molecule has 2 rings (SSSR count). The summed E-state index contributed by atoms with van der Waals surface area (Å²) in [6.45, 7) is 3.95. The van der Waals surface area contributed by atoms with Crippen LogP contribution < -0.4 is 10.0 Å². The van der Waals surface area contributed by atoms with E-state index in [2.05, 4.69) is 10.0 Å². The van der Waals surface area contributed by atoms with E-state index in [0.29, 0.717) is 27.0 Å². The largest absolute Gasteiger partial charge is 0.352 e. The molecule has 0 saturated heterocycles. The van der Waals surface area contributed by atoms with Gasteiger partial charge in [0, 0.05) is 16.4 Å². The number of carbonyl (C=O) groups is 1. The highest BCUT2D eigenvalue weighted by Gasteiger charge is 2.22. The lowest BCUT2D eigenvalue weighted by atomic mass is 10.3. The van der Waals surface area contributed by atoms with Crippen LogP contribution in [0.1, 0.15) is 21.5 Å². The molecule has 118 valence electrons. The second kappa shape index (κ2) is 6.68. The van der Waals surface area contributed by atoms with Gasteiger partial charge in [0.05, 0.1) is 10.6 Å². The molecule has 1 amide bonds. The predicted octanol–water partition coefficient (Wildman–Crippen LogP) is 3.26. The Hall–Kier alpha value is -1.57. The first-order valence-corrected chi connectivity index (χ1v) is 9.18. The van der Waals surface area contributed by atoms with Gasteiger partial charge in [0.1, 0.15) is 4.90 Å². The van der Waals surface area contributed by atoms with Gasteiger partial charge in [-0.1, -0.05) is 17.7 Å². The summed E-state index contributed by atoms with van der Waals surface area (Å²) in [7, 11) is -3.77. The second-order valence-corrected chi connectivity index (χ2v) is 7.85. The van der Waals surface area contributed by atoms with Crippen molar-refractivity contribution in [1.82, 2.24) is 5.32 Å². The lowest BCUT2D eigenvalue weighted by Gasteiger charge is -2.07. The van der Waals surface area contributed by atoms with Crippen molar-refractivity contribution in [2.24, 2.45) is 0 Å². The maximum atomic E-state index is 12.4. The number of thiophene rings is 1. The van der Waals surface area contributed by atoms with Gasteiger partial charge in [0.2, 0.25) is 0 Å². The Kier molecular flexibility index (Phi) is 5.10. The summed E-state index contributed by atoms with van der Waals surface area (Å²) in [4.78, 5) is 12.8. The Morgan fingerprint density at radius 3 is 2.68 bits per heavy atom. The molecule has 8 heteroatoms. The molecule has 0 aliphatic carbocycles. The highest BCUT2D eigenvalue weighted by Crippen LogP contribution is 2.28. The summed E-state index contributed by atoms with van der Waals surface area (Å²) in [5.74, 6) is -0.278. The third kappa shape index (κ3) is 3.79. The molecule has 5 nitrogen and oxygen atoms in total. The minimum absolute atomic E-state index is 0.0960. The van der Waals surface area contributed by atoms with Crippen LogP contribution in [0.3, 0.4) is 0 Å². The molecule has 0 saturated carbocycles. The smallest absolute Gasteiger partial charge is 0.263 e. The number of aryl methyl sites for hydroxylation is 1. The van der Waals surface area contributed by atoms with E-state index in [-0.39, 0.29) is 10.8 Å². The number of hydrogen-bond acceptors (Lipinski definition) is 4. The summed E-state index contributed by atoms with van der Waals surface area (Å²) in [5, 5.41) is 3.09. The Bertz CT molecular complexity index is 800. The van der Waals surface area contributed by atoms with Crippen molar-refractivity contribution in [3.8, 4) is 0 Å². The van der Waals surface area contributed by atoms with E-state index < -0.39 is 10.0 Å². The molecular weight excluding hydrogens is 344 g/mol. The van der Waals surface area contributed by atoms with E-state index in [1.54, 1.807) is 32.0 Å². The molecule has 0 aliphatic rings. The van der Waals surface area contributed by atoms with E-state index in [1.807, 2.05) is 0 Å². The molecule has 0 unspecified atom stereocenters. The molecule has 0 radical (unpaired) electrons. The van der Waals surface area contributed by atoms with Crippen LogP contribution in [-0.2, 0) is 10.0 Å². The third-order valence-electron chi connectivity index (χ3n) is 2.80. The van der Waals surface area contributed by atoms with E-state index >= 15 is 0 Å². The van der Waals surface area contributed by atoms with E-state index in [4.69, 9.17) is 11.6 Å². The maximum absolute atomic E-state index is 12.4. The zero-order valence-corrected chi connectivity index (χ0v) is 14.4. The van der Waals surface area contributed by atoms with Crippen molar-refractivity contribution >= 4 is 44.6 Å². The summed E-state index contributed by atoms with van der Waals surface area (Å²) in [6, 6.07) is 7.82. The average Bonchev–Trinajstić information content (AvgIpc) is 2.81. The first-order valence-electron chi connectivity index (χ1n) is 6.50. The minimum Gasteiger partial charge on any atom is -0.352 e. The first-order chi connectivity index (χ1) is 10.3. The molecule has 0 fully saturated rings. The van der Waals surface area contributed by atoms with Gasteiger partial charge in [-0.15, -0.1) is 11.3 Å². The maximum Gasteiger partial charge on any atom is 0.263 e. The fourth-order valence-electron chi connectivity index (χ4n) is 1.85. The first kappa shape index (κ1) is 16.8. The Morgan fingerprint density at radius 1 is 1.32 bits per heavy atom. The van der Waals surface area contributed by atoms with Crippen LogP contribution >= 0.6 is 22.9 Å². The molecule has 0 spiro atoms. The summed E-state index contributed by atoms with van der Waals surface area (Å²) < 4.78 is 27.4. The monoisotopic (exact) mass is 358 g/mol. The van der Waals surface area contributed by atoms with Crippen LogP contribution in [-0.4, -0.2) is 20.9 Å². The highest BCUT2D eigenvalue weighted by atomic mass is 35.5. The minimum atomic E-state index is -3.77. The standard InChI is InChI=1S/C14H15ClN2O3S2/c1-3-16-14(18)12-8-13(9(2)21-12)22(19,20)17-11-6-4-5-10(15)7-11/h4-8,17H,3H2,1-2H3,(H,16,18). The van der Waals surface area contributed by atoms with E-state index in [9.17, 15) is 13.2 Å². The number of halogens is 1. The van der Waals surface area contributed by atoms with Crippen molar-refractivity contribution < 1.29 is 13.2 Å². The van der Waals surface area contributed by atoms with Crippen LogP contribution in [0.25, 0.3) is 0 Å². The lowest BCUT2D eigenvalue weighted by Crippen LogP contribution is -2.21. The van der Waals surface area contributed by atoms with Crippen LogP contribution in [0.2, 0.25) is 5.02 Å². The summed E-state index contributed by atoms with van der Waals surface area (Å²) >= 11 is 6.99. The molecule has 1 aromatic heterocycles. The van der Waals surface area contributed by atoms with Crippen LogP contribution in [0.15, 0.2) is 35.2 Å². The zero-order valence-electron chi connectivity index (χ0n) is 12.0. The molecule has 22 heavy (non-hydrogen) atoms. The van der Waals surface area contributed by atoms with Crippen molar-refractivity contribution in [2.45, 2.75) is 18.7 Å². The van der Waals surface area contributed by atoms with Crippen molar-refractivity contribution in [3.05, 3.63) is 45.1 Å². The number of amides is 1. The number of rotatable bonds is 5. The normalized spacial score (nSPS) is 11.2. The summed E-state index contributed by atoms with van der Waals surface area (Å²) in [5.41, 5.74) is 0.373. The van der Waals surface area contributed by atoms with Gasteiger partial charge < -0.3 is 5.32 Å². The van der Waals surface area contributed by atoms with Gasteiger partial charge in [0.15, 0.2) is 0 Å². The van der Waals surface area contributed by atoms with E-state index in [0.717, 1.165) is 11.3 Å². The van der Waals surface area contributed by atoms with Crippen LogP contribution in [0, 0.1) is 6.92 Å². The van der Waals surface area contributed by atoms with Gasteiger partial charge in [-0.2, -0.15) is 0 Å². The van der Waals surface area contributed by atoms with Crippen molar-refractivity contribution in [2.75, 3.05) is 11.3 Å². The fraction of sp³-hybridized carbons (Fsp3) is 0.214. The predicted molar refractivity (Wildman–Crippen MR) is 89.3 cm³/mol. The molecular formula is C14H15ClN2O3S2. The van der Waals surface area contributed by atoms with Crippen molar-refractivity contribution in [3.63, 3.8) is 0 Å². The van der Waals surface area contributed by atoms with E-state index in [1.165, 1.54) is 12.1 Å². The number of benzene rings is 1. The number of carbonyl (C=O) groups excluding carboxylic acids is 1. The molecule has 0 atom stereocenters. The fourth-order valence-corrected chi connectivity index (χ4v) is 4.60. The summed E-state index contributed by atoms with van der Waals surface area (Å²) in [6.07, 6.45) is 0. The topological polar surface area (TPSA) is 75.3 Å². The lowest BCUT2D eigenvalue weighted by molar-refractivity contribution is 0.0959. The average molecular weight is 359 g/mol. The molecule has 0 aliphatic heterocycles. The van der Waals surface area contributed by atoms with Gasteiger partial charge in [-0.25, -0.2) is 8.42 Å². The third-order valence-corrected chi connectivity index (χ3v) is 5.72. The van der Waals surface area contributed by atoms with Gasteiger partial charge in [-0.05, 0) is 38.1 Å². The second-order valence-electron chi connectivity index (χ2n) is 4.51. The molecule has 1 heterocycles. The number of sulfonamides is 1. The van der Waals surface area contributed by atoms with Gasteiger partial charge >= 0.3 is 0 Å². The number of nitrogens with one attached hydrogen (secondary N) is 2. The molecule has 2 N–H and O–H groups in total. The molecule has 2 aromatic rings. The number of anilines is 1. The highest BCUT2D eigenvalue weighted by molar-refractivity contribution is 7.93. The number of hydrogen-bond donors (Lipinski definition) is 2. The molecule has 0 bridgehead atoms. The van der Waals surface area contributed by atoms with Crippen LogP contribution in [0.5, 0.6) is 0 Å². The van der Waals surface area contributed by atoms with Crippen LogP contribution in [0.4, 0.5) is 5.69 Å². The Labute approximate surface area is 138 Å². The van der Waals surface area contributed by atoms with Crippen molar-refractivity contribution in [1.29, 1.82) is 0 Å². The van der Waals surface area contributed by atoms with Gasteiger partial charge in [0.25, 0.3) is 15.9 Å².